The normalized spacial score (nSPS) is 11.5. The molecular weight excluding hydrogens is 517 g/mol. The summed E-state index contributed by atoms with van der Waals surface area (Å²) in [6, 6.07) is 7.38. The lowest BCUT2D eigenvalue weighted by Gasteiger charge is -2.16. The lowest BCUT2D eigenvalue weighted by atomic mass is 9.96. The van der Waals surface area contributed by atoms with Crippen LogP contribution in [0.15, 0.2) is 47.3 Å². The first-order valence-corrected chi connectivity index (χ1v) is 10.5. The summed E-state index contributed by atoms with van der Waals surface area (Å²) in [5.74, 6) is -0.327. The van der Waals surface area contributed by atoms with Crippen LogP contribution < -0.4 is 15.8 Å². The first kappa shape index (κ1) is 23.4. The number of halogens is 4. The van der Waals surface area contributed by atoms with E-state index in [-0.39, 0.29) is 17.3 Å². The Balaban J connectivity index is 1.75. The lowest BCUT2D eigenvalue weighted by Crippen LogP contribution is -2.15. The van der Waals surface area contributed by atoms with Crippen molar-refractivity contribution in [2.24, 2.45) is 0 Å². The number of nitrogens with one attached hydrogen (secondary N) is 1. The number of rotatable bonds is 4. The van der Waals surface area contributed by atoms with Crippen molar-refractivity contribution in [3.05, 3.63) is 64.1 Å². The van der Waals surface area contributed by atoms with Gasteiger partial charge in [-0.2, -0.15) is 13.2 Å². The van der Waals surface area contributed by atoms with Crippen molar-refractivity contribution in [2.75, 3.05) is 18.2 Å². The smallest absolute Gasteiger partial charge is 0.433 e. The maximum absolute atomic E-state index is 12.9. The minimum absolute atomic E-state index is 0.108. The van der Waals surface area contributed by atoms with Crippen molar-refractivity contribution in [2.45, 2.75) is 13.1 Å². The van der Waals surface area contributed by atoms with E-state index in [1.165, 1.54) is 7.11 Å². The Morgan fingerprint density at radius 1 is 1.12 bits per heavy atom. The van der Waals surface area contributed by atoms with Gasteiger partial charge in [0.15, 0.2) is 0 Å². The first-order chi connectivity index (χ1) is 16.1. The van der Waals surface area contributed by atoms with E-state index in [4.69, 9.17) is 10.5 Å². The zero-order valence-electron chi connectivity index (χ0n) is 17.7. The molecule has 2 heterocycles. The van der Waals surface area contributed by atoms with E-state index in [0.29, 0.717) is 38.3 Å². The molecule has 0 aliphatic carbocycles. The molecular formula is C22H16BrF3N6O2. The minimum Gasteiger partial charge on any atom is -0.495 e. The summed E-state index contributed by atoms with van der Waals surface area (Å²) in [4.78, 5) is 28.0. The van der Waals surface area contributed by atoms with Crippen LogP contribution >= 0.6 is 15.9 Å². The Hall–Kier alpha value is -3.80. The second-order valence-electron chi connectivity index (χ2n) is 7.21. The van der Waals surface area contributed by atoms with E-state index in [1.54, 1.807) is 24.4 Å². The number of ether oxygens (including phenoxy) is 1. The van der Waals surface area contributed by atoms with Crippen molar-refractivity contribution in [1.82, 2.24) is 19.9 Å². The van der Waals surface area contributed by atoms with Gasteiger partial charge in [0.2, 0.25) is 5.95 Å². The summed E-state index contributed by atoms with van der Waals surface area (Å²) in [6.07, 6.45) is -2.34. The van der Waals surface area contributed by atoms with Crippen molar-refractivity contribution < 1.29 is 22.7 Å². The van der Waals surface area contributed by atoms with E-state index in [1.807, 2.05) is 13.0 Å². The molecule has 4 aromatic rings. The average molecular weight is 533 g/mol. The molecule has 8 nitrogen and oxygen atoms in total. The molecule has 12 heteroatoms. The van der Waals surface area contributed by atoms with Crippen LogP contribution in [0.5, 0.6) is 5.75 Å². The predicted octanol–water partition coefficient (Wildman–Crippen LogP) is 5.02. The highest BCUT2D eigenvalue weighted by Crippen LogP contribution is 2.42. The molecule has 0 saturated carbocycles. The zero-order valence-corrected chi connectivity index (χ0v) is 19.3. The van der Waals surface area contributed by atoms with Crippen LogP contribution in [-0.4, -0.2) is 33.0 Å². The van der Waals surface area contributed by atoms with Gasteiger partial charge in [0, 0.05) is 28.8 Å². The van der Waals surface area contributed by atoms with E-state index < -0.39 is 17.8 Å². The molecule has 0 aliphatic heterocycles. The molecule has 1 amide bonds. The average Bonchev–Trinajstić information content (AvgIpc) is 2.79. The molecule has 4 rings (SSSR count). The van der Waals surface area contributed by atoms with E-state index in [0.717, 1.165) is 11.9 Å². The topological polar surface area (TPSA) is 116 Å². The number of hydrogen-bond donors (Lipinski definition) is 2. The Morgan fingerprint density at radius 2 is 1.88 bits per heavy atom. The second kappa shape index (κ2) is 8.86. The molecule has 174 valence electrons. The fraction of sp³-hybridized carbons (Fsp3) is 0.136. The molecule has 0 atom stereocenters. The molecule has 0 saturated heterocycles. The van der Waals surface area contributed by atoms with Crippen LogP contribution in [0.4, 0.5) is 24.9 Å². The van der Waals surface area contributed by atoms with Gasteiger partial charge in [0.25, 0.3) is 5.91 Å². The summed E-state index contributed by atoms with van der Waals surface area (Å²) in [6.45, 7) is 1.86. The summed E-state index contributed by atoms with van der Waals surface area (Å²) < 4.78 is 44.9. The van der Waals surface area contributed by atoms with Gasteiger partial charge in [-0.05, 0) is 52.2 Å². The maximum atomic E-state index is 12.9. The number of anilines is 2. The number of hydrogen-bond acceptors (Lipinski definition) is 7. The fourth-order valence-electron chi connectivity index (χ4n) is 3.36. The van der Waals surface area contributed by atoms with Crippen molar-refractivity contribution >= 4 is 44.5 Å². The third-order valence-corrected chi connectivity index (χ3v) is 5.72. The molecule has 2 aromatic heterocycles. The summed E-state index contributed by atoms with van der Waals surface area (Å²) in [5.41, 5.74) is 7.48. The summed E-state index contributed by atoms with van der Waals surface area (Å²) in [7, 11) is 1.50. The molecule has 0 fully saturated rings. The highest BCUT2D eigenvalue weighted by Gasteiger charge is 2.33. The van der Waals surface area contributed by atoms with E-state index in [9.17, 15) is 18.0 Å². The molecule has 2 aromatic carbocycles. The van der Waals surface area contributed by atoms with Crippen molar-refractivity contribution in [3.63, 3.8) is 0 Å². The van der Waals surface area contributed by atoms with Crippen molar-refractivity contribution in [1.29, 1.82) is 0 Å². The fourth-order valence-corrected chi connectivity index (χ4v) is 4.05. The van der Waals surface area contributed by atoms with Crippen LogP contribution in [0.3, 0.4) is 0 Å². The number of nitrogens with zero attached hydrogens (tertiary/aromatic N) is 4. The van der Waals surface area contributed by atoms with Crippen molar-refractivity contribution in [3.8, 4) is 16.9 Å². The standard InChI is InChI=1S/C22H16BrF3N6O2/c1-10-3-4-11(20(33)31-16-7-15(22(24,25)26)29-9-30-16)5-13(10)14-6-12-8-28-21(27)32-18(12)17(23)19(14)34-2/h3-9H,1-2H3,(H2,27,28,32)(H,29,30,31,33). The quantitative estimate of drug-likeness (QED) is 0.379. The molecule has 0 radical (unpaired) electrons. The molecule has 0 bridgehead atoms. The highest BCUT2D eigenvalue weighted by molar-refractivity contribution is 9.10. The Morgan fingerprint density at radius 3 is 2.59 bits per heavy atom. The highest BCUT2D eigenvalue weighted by atomic mass is 79.9. The van der Waals surface area contributed by atoms with Gasteiger partial charge < -0.3 is 15.8 Å². The number of nitrogen functional groups attached to an aromatic ring is 1. The van der Waals surface area contributed by atoms with E-state index >= 15 is 0 Å². The summed E-state index contributed by atoms with van der Waals surface area (Å²) in [5, 5.41) is 3.07. The van der Waals surface area contributed by atoms with Gasteiger partial charge in [0.1, 0.15) is 23.6 Å². The zero-order chi connectivity index (χ0) is 24.6. The third kappa shape index (κ3) is 4.49. The minimum atomic E-state index is -4.66. The second-order valence-corrected chi connectivity index (χ2v) is 8.00. The SMILES string of the molecule is COc1c(-c2cc(C(=O)Nc3cc(C(F)(F)F)ncn3)ccc2C)cc2cnc(N)nc2c1Br. The predicted molar refractivity (Wildman–Crippen MR) is 123 cm³/mol. The summed E-state index contributed by atoms with van der Waals surface area (Å²) >= 11 is 3.51. The number of nitrogens with two attached hydrogens (primary N) is 1. The lowest BCUT2D eigenvalue weighted by molar-refractivity contribution is -0.141. The van der Waals surface area contributed by atoms with Gasteiger partial charge >= 0.3 is 6.18 Å². The van der Waals surface area contributed by atoms with Crippen LogP contribution in [0.25, 0.3) is 22.0 Å². The van der Waals surface area contributed by atoms with Gasteiger partial charge in [-0.1, -0.05) is 6.07 Å². The molecule has 3 N–H and O–H groups in total. The van der Waals surface area contributed by atoms with Crippen LogP contribution in [0.1, 0.15) is 21.6 Å². The first-order valence-electron chi connectivity index (χ1n) is 9.69. The third-order valence-electron chi connectivity index (χ3n) is 4.98. The molecule has 34 heavy (non-hydrogen) atoms. The number of carbonyl (C=O) groups excluding carboxylic acids is 1. The number of alkyl halides is 3. The van der Waals surface area contributed by atoms with Gasteiger partial charge in [-0.15, -0.1) is 0 Å². The molecule has 0 unspecified atom stereocenters. The van der Waals surface area contributed by atoms with E-state index in [2.05, 4.69) is 41.2 Å². The number of carbonyl (C=O) groups is 1. The van der Waals surface area contributed by atoms with Gasteiger partial charge in [-0.3, -0.25) is 4.79 Å². The van der Waals surface area contributed by atoms with Crippen LogP contribution in [-0.2, 0) is 6.18 Å². The molecule has 0 aliphatic rings. The maximum Gasteiger partial charge on any atom is 0.433 e. The van der Waals surface area contributed by atoms with Crippen LogP contribution in [0.2, 0.25) is 0 Å². The molecule has 0 spiro atoms. The van der Waals surface area contributed by atoms with Gasteiger partial charge in [0.05, 0.1) is 17.1 Å². The number of aryl methyl sites for hydroxylation is 1. The van der Waals surface area contributed by atoms with Gasteiger partial charge in [-0.25, -0.2) is 19.9 Å². The number of benzene rings is 2. The number of methoxy groups -OCH3 is 1. The Kier molecular flexibility index (Phi) is 6.09. The Bertz CT molecular complexity index is 1430. The largest absolute Gasteiger partial charge is 0.495 e. The monoisotopic (exact) mass is 532 g/mol. The van der Waals surface area contributed by atoms with Crippen LogP contribution in [0, 0.1) is 6.92 Å². The Labute approximate surface area is 199 Å². The number of amides is 1. The number of aromatic nitrogens is 4. The number of fused-ring (bicyclic) bond motifs is 1.